The molecule has 0 bridgehead atoms. The minimum atomic E-state index is -0.401. The van der Waals surface area contributed by atoms with Crippen molar-refractivity contribution < 1.29 is 9.66 Å². The van der Waals surface area contributed by atoms with E-state index in [4.69, 9.17) is 4.74 Å². The molecule has 0 atom stereocenters. The molecular weight excluding hydrogens is 330 g/mol. The summed E-state index contributed by atoms with van der Waals surface area (Å²) in [6, 6.07) is 14.4. The van der Waals surface area contributed by atoms with Gasteiger partial charge in [-0.1, -0.05) is 12.1 Å². The van der Waals surface area contributed by atoms with Gasteiger partial charge in [-0.2, -0.15) is 0 Å². The summed E-state index contributed by atoms with van der Waals surface area (Å²) >= 11 is 0. The van der Waals surface area contributed by atoms with Gasteiger partial charge in [-0.25, -0.2) is 0 Å². The molecular formula is C17H22ClN3O3. The summed E-state index contributed by atoms with van der Waals surface area (Å²) in [7, 11) is 0. The number of nitro groups is 1. The average molecular weight is 352 g/mol. The van der Waals surface area contributed by atoms with Gasteiger partial charge in [-0.3, -0.25) is 10.1 Å². The van der Waals surface area contributed by atoms with Crippen molar-refractivity contribution in [3.8, 4) is 5.75 Å². The molecule has 2 rings (SSSR count). The second-order valence-corrected chi connectivity index (χ2v) is 4.99. The second-order valence-electron chi connectivity index (χ2n) is 4.99. The summed E-state index contributed by atoms with van der Waals surface area (Å²) in [6.45, 7) is 4.92. The maximum Gasteiger partial charge on any atom is 0.269 e. The summed E-state index contributed by atoms with van der Waals surface area (Å²) in [4.78, 5) is 10.2. The Morgan fingerprint density at radius 1 is 1.12 bits per heavy atom. The lowest BCUT2D eigenvalue weighted by Gasteiger charge is -2.09. The molecule has 0 radical (unpaired) electrons. The normalized spacial score (nSPS) is 9.88. The van der Waals surface area contributed by atoms with Crippen LogP contribution in [0, 0.1) is 10.1 Å². The monoisotopic (exact) mass is 351 g/mol. The summed E-state index contributed by atoms with van der Waals surface area (Å²) in [5.74, 6) is 0.885. The van der Waals surface area contributed by atoms with E-state index in [2.05, 4.69) is 16.7 Å². The summed E-state index contributed by atoms with van der Waals surface area (Å²) in [5.41, 5.74) is 2.14. The Morgan fingerprint density at radius 3 is 2.54 bits per heavy atom. The number of hydrogen-bond acceptors (Lipinski definition) is 5. The van der Waals surface area contributed by atoms with Gasteiger partial charge < -0.3 is 15.4 Å². The molecule has 0 saturated heterocycles. The lowest BCUT2D eigenvalue weighted by molar-refractivity contribution is -0.384. The van der Waals surface area contributed by atoms with Crippen molar-refractivity contribution in [1.29, 1.82) is 0 Å². The van der Waals surface area contributed by atoms with E-state index in [9.17, 15) is 10.1 Å². The van der Waals surface area contributed by atoms with Crippen molar-refractivity contribution in [2.45, 2.75) is 13.5 Å². The zero-order chi connectivity index (χ0) is 16.5. The van der Waals surface area contributed by atoms with Gasteiger partial charge in [-0.15, -0.1) is 12.4 Å². The Bertz CT molecular complexity index is 635. The van der Waals surface area contributed by atoms with Gasteiger partial charge >= 0.3 is 0 Å². The van der Waals surface area contributed by atoms with Crippen LogP contribution in [0.1, 0.15) is 12.5 Å². The highest BCUT2D eigenvalue weighted by molar-refractivity contribution is 5.85. The smallest absolute Gasteiger partial charge is 0.269 e. The summed E-state index contributed by atoms with van der Waals surface area (Å²) in [6.07, 6.45) is 0. The molecule has 0 amide bonds. The Balaban J connectivity index is 0.00000288. The highest BCUT2D eigenvalue weighted by Gasteiger charge is 2.03. The van der Waals surface area contributed by atoms with Crippen LogP contribution in [-0.4, -0.2) is 24.6 Å². The molecule has 2 aromatic carbocycles. The van der Waals surface area contributed by atoms with Crippen molar-refractivity contribution >= 4 is 23.8 Å². The number of ether oxygens (including phenoxy) is 1. The number of anilines is 1. The summed E-state index contributed by atoms with van der Waals surface area (Å²) in [5, 5.41) is 17.1. The number of non-ortho nitro benzene ring substituents is 1. The molecule has 24 heavy (non-hydrogen) atoms. The van der Waals surface area contributed by atoms with Crippen molar-refractivity contribution in [3.05, 3.63) is 64.2 Å². The predicted molar refractivity (Wildman–Crippen MR) is 98.2 cm³/mol. The van der Waals surface area contributed by atoms with Gasteiger partial charge in [0, 0.05) is 37.5 Å². The number of hydrogen-bond donors (Lipinski definition) is 2. The van der Waals surface area contributed by atoms with Crippen LogP contribution in [0.3, 0.4) is 0 Å². The third-order valence-corrected chi connectivity index (χ3v) is 3.25. The fourth-order valence-electron chi connectivity index (χ4n) is 2.14. The first-order valence-electron chi connectivity index (χ1n) is 7.60. The zero-order valence-electron chi connectivity index (χ0n) is 13.5. The maximum absolute atomic E-state index is 10.6. The van der Waals surface area contributed by atoms with Gasteiger partial charge in [0.05, 0.1) is 11.5 Å². The van der Waals surface area contributed by atoms with E-state index in [1.165, 1.54) is 17.7 Å². The Kier molecular flexibility index (Phi) is 8.60. The number of nitrogens with one attached hydrogen (secondary N) is 2. The Labute approximate surface area is 147 Å². The molecule has 0 fully saturated rings. The molecule has 0 heterocycles. The third kappa shape index (κ3) is 6.44. The standard InChI is InChI=1S/C17H21N3O3.ClH/c1-2-23-17-5-3-4-14(12-17)13-18-10-11-19-15-6-8-16(9-7-15)20(21)22;/h3-9,12,18-19H,2,10-11,13H2,1H3;1H. The first kappa shape index (κ1) is 19.7. The molecule has 2 N–H and O–H groups in total. The fourth-order valence-corrected chi connectivity index (χ4v) is 2.14. The predicted octanol–water partition coefficient (Wildman–Crippen LogP) is 3.62. The first-order chi connectivity index (χ1) is 11.2. The van der Waals surface area contributed by atoms with Gasteiger partial charge in [0.15, 0.2) is 0 Å². The first-order valence-corrected chi connectivity index (χ1v) is 7.60. The second kappa shape index (κ2) is 10.5. The van der Waals surface area contributed by atoms with Gasteiger partial charge in [0.25, 0.3) is 5.69 Å². The molecule has 0 aliphatic rings. The van der Waals surface area contributed by atoms with Crippen LogP contribution in [0.25, 0.3) is 0 Å². The number of halogens is 1. The summed E-state index contributed by atoms with van der Waals surface area (Å²) < 4.78 is 5.47. The van der Waals surface area contributed by atoms with Gasteiger partial charge in [-0.05, 0) is 36.8 Å². The molecule has 0 saturated carbocycles. The van der Waals surface area contributed by atoms with E-state index < -0.39 is 4.92 Å². The molecule has 0 aliphatic carbocycles. The van der Waals surface area contributed by atoms with Crippen molar-refractivity contribution in [2.75, 3.05) is 25.0 Å². The molecule has 2 aromatic rings. The number of nitro benzene ring substituents is 1. The number of benzene rings is 2. The highest BCUT2D eigenvalue weighted by Crippen LogP contribution is 2.15. The molecule has 7 heteroatoms. The molecule has 0 aromatic heterocycles. The minimum absolute atomic E-state index is 0. The van der Waals surface area contributed by atoms with E-state index >= 15 is 0 Å². The number of rotatable bonds is 9. The lowest BCUT2D eigenvalue weighted by atomic mass is 10.2. The van der Waals surface area contributed by atoms with Crippen molar-refractivity contribution in [1.82, 2.24) is 5.32 Å². The molecule has 0 aliphatic heterocycles. The van der Waals surface area contributed by atoms with Gasteiger partial charge in [0.1, 0.15) is 5.75 Å². The van der Waals surface area contributed by atoms with E-state index in [1.807, 2.05) is 25.1 Å². The van der Waals surface area contributed by atoms with Crippen LogP contribution < -0.4 is 15.4 Å². The topological polar surface area (TPSA) is 76.4 Å². The van der Waals surface area contributed by atoms with Crippen LogP contribution in [0.5, 0.6) is 5.75 Å². The Morgan fingerprint density at radius 2 is 1.88 bits per heavy atom. The SMILES string of the molecule is CCOc1cccc(CNCCNc2ccc([N+](=O)[O-])cc2)c1.Cl. The van der Waals surface area contributed by atoms with Gasteiger partial charge in [0.2, 0.25) is 0 Å². The van der Waals surface area contributed by atoms with E-state index in [-0.39, 0.29) is 18.1 Å². The van der Waals surface area contributed by atoms with Crippen LogP contribution in [0.15, 0.2) is 48.5 Å². The van der Waals surface area contributed by atoms with Crippen LogP contribution in [-0.2, 0) is 6.54 Å². The van der Waals surface area contributed by atoms with Crippen molar-refractivity contribution in [2.24, 2.45) is 0 Å². The quantitative estimate of drug-likeness (QED) is 0.410. The molecule has 130 valence electrons. The minimum Gasteiger partial charge on any atom is -0.494 e. The van der Waals surface area contributed by atoms with Crippen molar-refractivity contribution in [3.63, 3.8) is 0 Å². The zero-order valence-corrected chi connectivity index (χ0v) is 14.3. The van der Waals surface area contributed by atoms with E-state index in [0.717, 1.165) is 31.1 Å². The maximum atomic E-state index is 10.6. The molecule has 0 unspecified atom stereocenters. The molecule has 6 nitrogen and oxygen atoms in total. The Hall–Kier alpha value is -2.31. The highest BCUT2D eigenvalue weighted by atomic mass is 35.5. The fraction of sp³-hybridized carbons (Fsp3) is 0.294. The molecule has 0 spiro atoms. The van der Waals surface area contributed by atoms with E-state index in [0.29, 0.717) is 6.61 Å². The lowest BCUT2D eigenvalue weighted by Crippen LogP contribution is -2.21. The van der Waals surface area contributed by atoms with Crippen LogP contribution in [0.4, 0.5) is 11.4 Å². The van der Waals surface area contributed by atoms with Crippen LogP contribution in [0.2, 0.25) is 0 Å². The average Bonchev–Trinajstić information content (AvgIpc) is 2.56. The largest absolute Gasteiger partial charge is 0.494 e. The van der Waals surface area contributed by atoms with E-state index in [1.54, 1.807) is 12.1 Å². The van der Waals surface area contributed by atoms with Crippen LogP contribution >= 0.6 is 12.4 Å². The number of nitrogens with zero attached hydrogens (tertiary/aromatic N) is 1. The third-order valence-electron chi connectivity index (χ3n) is 3.25.